The van der Waals surface area contributed by atoms with Gasteiger partial charge in [0.1, 0.15) is 5.75 Å². The standard InChI is InChI=1S/C26H23NO3/c1-3-30-21-13-14-24-22(15-21)26(29)23(25(28)20-11-9-18(2)10-12-20)17-27(24)16-19-7-5-4-6-8-19/h4-15,17H,3,16H2,1-2H3. The van der Waals surface area contributed by atoms with Crippen LogP contribution >= 0.6 is 0 Å². The topological polar surface area (TPSA) is 48.3 Å². The third kappa shape index (κ3) is 3.90. The third-order valence-corrected chi connectivity index (χ3v) is 5.12. The van der Waals surface area contributed by atoms with Crippen LogP contribution in [0.1, 0.15) is 34.0 Å². The molecule has 0 amide bonds. The Morgan fingerprint density at radius 2 is 1.70 bits per heavy atom. The van der Waals surface area contributed by atoms with Gasteiger partial charge in [-0.25, -0.2) is 0 Å². The fourth-order valence-electron chi connectivity index (χ4n) is 3.57. The monoisotopic (exact) mass is 397 g/mol. The number of hydrogen-bond donors (Lipinski definition) is 0. The fraction of sp³-hybridized carbons (Fsp3) is 0.154. The molecule has 0 fully saturated rings. The molecule has 0 bridgehead atoms. The van der Waals surface area contributed by atoms with E-state index in [0.29, 0.717) is 29.9 Å². The van der Waals surface area contributed by atoms with Gasteiger partial charge in [-0.15, -0.1) is 0 Å². The lowest BCUT2D eigenvalue weighted by Gasteiger charge is -2.14. The summed E-state index contributed by atoms with van der Waals surface area (Å²) in [5.41, 5.74) is 3.31. The van der Waals surface area contributed by atoms with Gasteiger partial charge in [0.15, 0.2) is 5.78 Å². The van der Waals surface area contributed by atoms with Crippen molar-refractivity contribution in [2.45, 2.75) is 20.4 Å². The molecule has 4 nitrogen and oxygen atoms in total. The van der Waals surface area contributed by atoms with Crippen molar-refractivity contribution >= 4 is 16.7 Å². The molecule has 0 aliphatic rings. The van der Waals surface area contributed by atoms with Crippen LogP contribution in [-0.4, -0.2) is 17.0 Å². The maximum absolute atomic E-state index is 13.3. The fourth-order valence-corrected chi connectivity index (χ4v) is 3.57. The van der Waals surface area contributed by atoms with Crippen molar-refractivity contribution in [2.24, 2.45) is 0 Å². The minimum absolute atomic E-state index is 0.163. The molecule has 0 saturated carbocycles. The van der Waals surface area contributed by atoms with Gasteiger partial charge in [0.25, 0.3) is 0 Å². The summed E-state index contributed by atoms with van der Waals surface area (Å²) < 4.78 is 7.55. The van der Waals surface area contributed by atoms with Crippen molar-refractivity contribution in [1.29, 1.82) is 0 Å². The summed E-state index contributed by atoms with van der Waals surface area (Å²) >= 11 is 0. The Bertz CT molecular complexity index is 1260. The highest BCUT2D eigenvalue weighted by Gasteiger charge is 2.18. The van der Waals surface area contributed by atoms with E-state index in [1.165, 1.54) is 0 Å². The molecule has 0 N–H and O–H groups in total. The number of ketones is 1. The smallest absolute Gasteiger partial charge is 0.200 e. The minimum Gasteiger partial charge on any atom is -0.494 e. The van der Waals surface area contributed by atoms with Crippen LogP contribution in [0, 0.1) is 6.92 Å². The molecule has 0 aliphatic heterocycles. The second kappa shape index (κ2) is 8.37. The first kappa shape index (κ1) is 19.6. The summed E-state index contributed by atoms with van der Waals surface area (Å²) in [7, 11) is 0. The normalized spacial score (nSPS) is 10.9. The summed E-state index contributed by atoms with van der Waals surface area (Å²) in [5, 5.41) is 0.481. The van der Waals surface area contributed by atoms with E-state index in [1.54, 1.807) is 24.4 Å². The van der Waals surface area contributed by atoms with E-state index in [0.717, 1.165) is 16.6 Å². The van der Waals surface area contributed by atoms with Crippen LogP contribution in [0.25, 0.3) is 10.9 Å². The number of carbonyl (C=O) groups excluding carboxylic acids is 1. The molecule has 0 saturated heterocycles. The van der Waals surface area contributed by atoms with E-state index in [9.17, 15) is 9.59 Å². The number of nitrogens with zero attached hydrogens (tertiary/aromatic N) is 1. The highest BCUT2D eigenvalue weighted by atomic mass is 16.5. The molecule has 0 spiro atoms. The molecule has 30 heavy (non-hydrogen) atoms. The second-order valence-electron chi connectivity index (χ2n) is 7.29. The molecule has 1 aromatic heterocycles. The predicted octanol–water partition coefficient (Wildman–Crippen LogP) is 4.99. The maximum atomic E-state index is 13.3. The summed E-state index contributed by atoms with van der Waals surface area (Å²) in [6.07, 6.45) is 1.68. The average Bonchev–Trinajstić information content (AvgIpc) is 2.77. The first-order chi connectivity index (χ1) is 14.6. The maximum Gasteiger partial charge on any atom is 0.200 e. The first-order valence-electron chi connectivity index (χ1n) is 10.0. The summed E-state index contributed by atoms with van der Waals surface area (Å²) in [4.78, 5) is 26.5. The predicted molar refractivity (Wildman–Crippen MR) is 120 cm³/mol. The molecule has 0 atom stereocenters. The van der Waals surface area contributed by atoms with E-state index in [4.69, 9.17) is 4.74 Å². The zero-order valence-electron chi connectivity index (χ0n) is 17.1. The highest BCUT2D eigenvalue weighted by Crippen LogP contribution is 2.21. The zero-order valence-corrected chi connectivity index (χ0v) is 17.1. The Hall–Kier alpha value is -3.66. The molecule has 1 heterocycles. The molecular weight excluding hydrogens is 374 g/mol. The second-order valence-corrected chi connectivity index (χ2v) is 7.29. The van der Waals surface area contributed by atoms with Gasteiger partial charge in [-0.1, -0.05) is 60.2 Å². The number of ether oxygens (including phenoxy) is 1. The molecule has 4 rings (SSSR count). The highest BCUT2D eigenvalue weighted by molar-refractivity contribution is 6.10. The van der Waals surface area contributed by atoms with E-state index in [-0.39, 0.29) is 16.8 Å². The Morgan fingerprint density at radius 3 is 2.40 bits per heavy atom. The van der Waals surface area contributed by atoms with Crippen LogP contribution < -0.4 is 10.2 Å². The first-order valence-corrected chi connectivity index (χ1v) is 10.0. The zero-order chi connectivity index (χ0) is 21.1. The van der Waals surface area contributed by atoms with E-state index < -0.39 is 0 Å². The summed E-state index contributed by atoms with van der Waals surface area (Å²) in [6.45, 7) is 4.92. The lowest BCUT2D eigenvalue weighted by molar-refractivity contribution is 0.103. The molecular formula is C26H23NO3. The number of hydrogen-bond acceptors (Lipinski definition) is 3. The molecule has 0 radical (unpaired) electrons. The van der Waals surface area contributed by atoms with Crippen molar-refractivity contribution in [3.05, 3.63) is 111 Å². The van der Waals surface area contributed by atoms with Crippen LogP contribution in [-0.2, 0) is 6.54 Å². The van der Waals surface area contributed by atoms with Crippen molar-refractivity contribution in [2.75, 3.05) is 6.61 Å². The van der Waals surface area contributed by atoms with Gasteiger partial charge >= 0.3 is 0 Å². The number of carbonyl (C=O) groups is 1. The van der Waals surface area contributed by atoms with Crippen molar-refractivity contribution in [3.63, 3.8) is 0 Å². The average molecular weight is 397 g/mol. The largest absolute Gasteiger partial charge is 0.494 e. The van der Waals surface area contributed by atoms with Gasteiger partial charge in [-0.2, -0.15) is 0 Å². The van der Waals surface area contributed by atoms with E-state index in [2.05, 4.69) is 0 Å². The van der Waals surface area contributed by atoms with Gasteiger partial charge in [-0.3, -0.25) is 9.59 Å². The molecule has 0 aliphatic carbocycles. The molecule has 150 valence electrons. The van der Waals surface area contributed by atoms with Gasteiger partial charge < -0.3 is 9.30 Å². The van der Waals surface area contributed by atoms with Crippen molar-refractivity contribution in [3.8, 4) is 5.75 Å². The van der Waals surface area contributed by atoms with Crippen LogP contribution in [0.5, 0.6) is 5.75 Å². The molecule has 0 unspecified atom stereocenters. The third-order valence-electron chi connectivity index (χ3n) is 5.12. The Balaban J connectivity index is 1.90. The van der Waals surface area contributed by atoms with Gasteiger partial charge in [0.05, 0.1) is 23.1 Å². The number of benzene rings is 3. The summed E-state index contributed by atoms with van der Waals surface area (Å²) in [5.74, 6) is 0.346. The number of aromatic nitrogens is 1. The Kier molecular flexibility index (Phi) is 5.48. The van der Waals surface area contributed by atoms with Crippen LogP contribution in [0.4, 0.5) is 0 Å². The van der Waals surface area contributed by atoms with Crippen molar-refractivity contribution in [1.82, 2.24) is 4.57 Å². The number of rotatable bonds is 6. The van der Waals surface area contributed by atoms with Crippen molar-refractivity contribution < 1.29 is 9.53 Å². The van der Waals surface area contributed by atoms with Gasteiger partial charge in [-0.05, 0) is 37.6 Å². The Morgan fingerprint density at radius 1 is 0.967 bits per heavy atom. The molecule has 3 aromatic carbocycles. The molecule has 4 aromatic rings. The van der Waals surface area contributed by atoms with E-state index in [1.807, 2.05) is 73.0 Å². The number of aryl methyl sites for hydroxylation is 1. The van der Waals surface area contributed by atoms with E-state index >= 15 is 0 Å². The minimum atomic E-state index is -0.276. The number of pyridine rings is 1. The van der Waals surface area contributed by atoms with Gasteiger partial charge in [0, 0.05) is 18.3 Å². The van der Waals surface area contributed by atoms with Crippen LogP contribution in [0.2, 0.25) is 0 Å². The Labute approximate surface area is 175 Å². The lowest BCUT2D eigenvalue weighted by Crippen LogP contribution is -2.20. The molecule has 4 heteroatoms. The van der Waals surface area contributed by atoms with Crippen LogP contribution in [0.3, 0.4) is 0 Å². The summed E-state index contributed by atoms with van der Waals surface area (Å²) in [6, 6.07) is 22.7. The van der Waals surface area contributed by atoms with Crippen LogP contribution in [0.15, 0.2) is 83.8 Å². The van der Waals surface area contributed by atoms with Gasteiger partial charge in [0.2, 0.25) is 5.43 Å². The quantitative estimate of drug-likeness (QED) is 0.431. The SMILES string of the molecule is CCOc1ccc2c(c1)c(=O)c(C(=O)c1ccc(C)cc1)cn2Cc1ccccc1. The lowest BCUT2D eigenvalue weighted by atomic mass is 10.0. The number of fused-ring (bicyclic) bond motifs is 1.